The highest BCUT2D eigenvalue weighted by Gasteiger charge is 2.19. The van der Waals surface area contributed by atoms with Gasteiger partial charge in [-0.25, -0.2) is 0 Å². The van der Waals surface area contributed by atoms with Gasteiger partial charge in [0.2, 0.25) is 0 Å². The molecule has 0 fully saturated rings. The minimum absolute atomic E-state index is 0.0691. The average Bonchev–Trinajstić information content (AvgIpc) is 3.47. The van der Waals surface area contributed by atoms with Crippen LogP contribution in [0.2, 0.25) is 0 Å². The fourth-order valence-corrected chi connectivity index (χ4v) is 11.2. The minimum atomic E-state index is -0.774. The van der Waals surface area contributed by atoms with Gasteiger partial charge in [-0.2, -0.15) is 0 Å². The Morgan fingerprint density at radius 2 is 0.481 bits per heavy atom. The summed E-state index contributed by atoms with van der Waals surface area (Å²) in [6.07, 6.45) is 87.5. The quantitative estimate of drug-likeness (QED) is 0.0261. The average molecular weight is 1140 g/mol. The standard InChI is InChI=1S/C75H140O6/c1-4-7-10-13-16-19-22-25-28-31-33-35-36-37-38-40-41-44-47-50-53-56-59-62-65-68-74(77)80-71-72(70-79-73(76)67-64-61-58-55-52-49-46-43-30-27-24-21-18-15-12-9-6-3)81-75(78)69-66-63-60-57-54-51-48-45-42-39-34-32-29-26-23-20-17-14-11-8-5-2/h9,12,18,21,27,30,72H,4-8,10-11,13-17,19-20,22-26,28-29,31-71H2,1-3H3/b12-9-,21-18-,30-27-. The molecule has 1 unspecified atom stereocenters. The van der Waals surface area contributed by atoms with Crippen molar-refractivity contribution < 1.29 is 28.6 Å². The Balaban J connectivity index is 4.27. The summed E-state index contributed by atoms with van der Waals surface area (Å²) < 4.78 is 17.0. The Hall–Kier alpha value is -2.37. The van der Waals surface area contributed by atoms with Gasteiger partial charge < -0.3 is 14.2 Å². The van der Waals surface area contributed by atoms with Gasteiger partial charge in [0.15, 0.2) is 6.10 Å². The van der Waals surface area contributed by atoms with Gasteiger partial charge in [-0.1, -0.05) is 372 Å². The largest absolute Gasteiger partial charge is 0.462 e. The van der Waals surface area contributed by atoms with E-state index in [4.69, 9.17) is 14.2 Å². The monoisotopic (exact) mass is 1140 g/mol. The maximum absolute atomic E-state index is 13.0. The molecule has 0 N–H and O–H groups in total. The molecule has 6 heteroatoms. The van der Waals surface area contributed by atoms with Crippen LogP contribution in [-0.2, 0) is 28.6 Å². The first-order chi connectivity index (χ1) is 40.0. The fraction of sp³-hybridized carbons (Fsp3) is 0.880. The maximum Gasteiger partial charge on any atom is 0.306 e. The number of ether oxygens (including phenoxy) is 3. The van der Waals surface area contributed by atoms with Crippen LogP contribution in [0.1, 0.15) is 406 Å². The lowest BCUT2D eigenvalue weighted by atomic mass is 10.0. The second-order valence-corrected chi connectivity index (χ2v) is 24.8. The molecule has 0 aromatic heterocycles. The number of carbonyl (C=O) groups excluding carboxylic acids is 3. The van der Waals surface area contributed by atoms with E-state index in [0.717, 1.165) is 83.5 Å². The van der Waals surface area contributed by atoms with Crippen molar-refractivity contribution >= 4 is 17.9 Å². The topological polar surface area (TPSA) is 78.9 Å². The van der Waals surface area contributed by atoms with Crippen molar-refractivity contribution in [3.63, 3.8) is 0 Å². The van der Waals surface area contributed by atoms with Gasteiger partial charge in [-0.05, 0) is 51.4 Å². The van der Waals surface area contributed by atoms with E-state index in [-0.39, 0.29) is 31.1 Å². The van der Waals surface area contributed by atoms with E-state index >= 15 is 0 Å². The van der Waals surface area contributed by atoms with E-state index in [1.54, 1.807) is 0 Å². The van der Waals surface area contributed by atoms with Crippen LogP contribution >= 0.6 is 0 Å². The van der Waals surface area contributed by atoms with Crippen LogP contribution < -0.4 is 0 Å². The molecule has 0 aromatic rings. The predicted octanol–water partition coefficient (Wildman–Crippen LogP) is 25.1. The number of carbonyl (C=O) groups is 3. The third-order valence-electron chi connectivity index (χ3n) is 16.7. The van der Waals surface area contributed by atoms with Crippen LogP contribution in [0.3, 0.4) is 0 Å². The highest BCUT2D eigenvalue weighted by molar-refractivity contribution is 5.71. The molecule has 0 aromatic carbocycles. The SMILES string of the molecule is CC/C=C\C/C=C\C/C=C\CCCCCCCCCC(=O)OCC(COC(=O)CCCCCCCCCCCCCCCCCCCCCCCCCCC)OC(=O)CCCCCCCCCCCCCCCCCCCCCCC. The molecule has 0 aliphatic rings. The molecule has 0 aliphatic heterocycles. The predicted molar refractivity (Wildman–Crippen MR) is 353 cm³/mol. The molecular weight excluding hydrogens is 997 g/mol. The molecule has 476 valence electrons. The highest BCUT2D eigenvalue weighted by Crippen LogP contribution is 2.19. The summed E-state index contributed by atoms with van der Waals surface area (Å²) in [7, 11) is 0. The van der Waals surface area contributed by atoms with Crippen molar-refractivity contribution in [1.29, 1.82) is 0 Å². The van der Waals surface area contributed by atoms with Gasteiger partial charge in [0.25, 0.3) is 0 Å². The van der Waals surface area contributed by atoms with Crippen molar-refractivity contribution in [3.05, 3.63) is 36.5 Å². The molecular formula is C75H140O6. The Morgan fingerprint density at radius 1 is 0.259 bits per heavy atom. The van der Waals surface area contributed by atoms with Gasteiger partial charge in [0, 0.05) is 19.3 Å². The Bertz CT molecular complexity index is 1350. The second kappa shape index (κ2) is 70.1. The van der Waals surface area contributed by atoms with Crippen molar-refractivity contribution in [2.75, 3.05) is 13.2 Å². The van der Waals surface area contributed by atoms with Crippen molar-refractivity contribution in [1.82, 2.24) is 0 Å². The molecule has 6 nitrogen and oxygen atoms in total. The normalized spacial score (nSPS) is 12.2. The first-order valence-corrected chi connectivity index (χ1v) is 36.5. The molecule has 81 heavy (non-hydrogen) atoms. The van der Waals surface area contributed by atoms with E-state index in [1.165, 1.54) is 283 Å². The number of hydrogen-bond acceptors (Lipinski definition) is 6. The zero-order chi connectivity index (χ0) is 58.5. The first-order valence-electron chi connectivity index (χ1n) is 36.5. The number of unbranched alkanes of at least 4 members (excludes halogenated alkanes) is 51. The first kappa shape index (κ1) is 78.6. The number of esters is 3. The Morgan fingerprint density at radius 3 is 0.753 bits per heavy atom. The summed E-state index contributed by atoms with van der Waals surface area (Å²) in [5, 5.41) is 0. The third kappa shape index (κ3) is 68.3. The molecule has 0 heterocycles. The van der Waals surface area contributed by atoms with E-state index in [2.05, 4.69) is 57.2 Å². The fourth-order valence-electron chi connectivity index (χ4n) is 11.2. The van der Waals surface area contributed by atoms with Crippen LogP contribution in [0.4, 0.5) is 0 Å². The van der Waals surface area contributed by atoms with Crippen molar-refractivity contribution in [2.45, 2.75) is 412 Å². The van der Waals surface area contributed by atoms with E-state index in [1.807, 2.05) is 0 Å². The second-order valence-electron chi connectivity index (χ2n) is 24.8. The lowest BCUT2D eigenvalue weighted by molar-refractivity contribution is -0.167. The third-order valence-corrected chi connectivity index (χ3v) is 16.7. The zero-order valence-corrected chi connectivity index (χ0v) is 54.8. The maximum atomic E-state index is 13.0. The van der Waals surface area contributed by atoms with Gasteiger partial charge in [-0.15, -0.1) is 0 Å². The molecule has 0 aliphatic carbocycles. The van der Waals surface area contributed by atoms with E-state index < -0.39 is 6.10 Å². The molecule has 0 bridgehead atoms. The summed E-state index contributed by atoms with van der Waals surface area (Å²) >= 11 is 0. The molecule has 0 saturated heterocycles. The van der Waals surface area contributed by atoms with Gasteiger partial charge in [0.05, 0.1) is 0 Å². The van der Waals surface area contributed by atoms with E-state index in [9.17, 15) is 14.4 Å². The van der Waals surface area contributed by atoms with Crippen LogP contribution in [0, 0.1) is 0 Å². The van der Waals surface area contributed by atoms with Crippen LogP contribution in [0.5, 0.6) is 0 Å². The molecule has 0 amide bonds. The number of allylic oxidation sites excluding steroid dienone is 6. The lowest BCUT2D eigenvalue weighted by Gasteiger charge is -2.18. The summed E-state index contributed by atoms with van der Waals surface area (Å²) in [5.41, 5.74) is 0. The molecule has 0 saturated carbocycles. The van der Waals surface area contributed by atoms with Gasteiger partial charge in [-0.3, -0.25) is 14.4 Å². The van der Waals surface area contributed by atoms with Crippen LogP contribution in [0.25, 0.3) is 0 Å². The summed E-state index contributed by atoms with van der Waals surface area (Å²) in [6, 6.07) is 0. The van der Waals surface area contributed by atoms with E-state index in [0.29, 0.717) is 19.3 Å². The number of hydrogen-bond donors (Lipinski definition) is 0. The van der Waals surface area contributed by atoms with Gasteiger partial charge in [0.1, 0.15) is 13.2 Å². The molecule has 0 spiro atoms. The zero-order valence-electron chi connectivity index (χ0n) is 54.8. The lowest BCUT2D eigenvalue weighted by Crippen LogP contribution is -2.30. The minimum Gasteiger partial charge on any atom is -0.462 e. The Labute approximate surface area is 506 Å². The summed E-state index contributed by atoms with van der Waals surface area (Å²) in [5.74, 6) is -0.846. The summed E-state index contributed by atoms with van der Waals surface area (Å²) in [4.78, 5) is 38.5. The Kier molecular flexibility index (Phi) is 68.1. The van der Waals surface area contributed by atoms with Crippen molar-refractivity contribution in [3.8, 4) is 0 Å². The molecule has 1 atom stereocenters. The molecule has 0 rings (SSSR count). The number of rotatable bonds is 68. The van der Waals surface area contributed by atoms with Crippen molar-refractivity contribution in [2.24, 2.45) is 0 Å². The van der Waals surface area contributed by atoms with Crippen LogP contribution in [-0.4, -0.2) is 37.2 Å². The van der Waals surface area contributed by atoms with Crippen LogP contribution in [0.15, 0.2) is 36.5 Å². The smallest absolute Gasteiger partial charge is 0.306 e. The van der Waals surface area contributed by atoms with Gasteiger partial charge >= 0.3 is 17.9 Å². The highest BCUT2D eigenvalue weighted by atomic mass is 16.6. The summed E-state index contributed by atoms with van der Waals surface area (Å²) in [6.45, 7) is 6.61. The molecule has 0 radical (unpaired) electrons.